The van der Waals surface area contributed by atoms with Crippen LogP contribution in [0, 0.1) is 5.41 Å². The van der Waals surface area contributed by atoms with Crippen LogP contribution in [-0.4, -0.2) is 34.3 Å². The van der Waals surface area contributed by atoms with E-state index in [1.165, 1.54) is 0 Å². The highest BCUT2D eigenvalue weighted by Crippen LogP contribution is 2.38. The van der Waals surface area contributed by atoms with Crippen LogP contribution < -0.4 is 4.90 Å². The molecule has 0 atom stereocenters. The molecular weight excluding hydrogens is 270 g/mol. The second kappa shape index (κ2) is 6.03. The van der Waals surface area contributed by atoms with Crippen LogP contribution >= 0.6 is 0 Å². The maximum atomic E-state index is 11.8. The number of hydrogen-bond acceptors (Lipinski definition) is 5. The first-order chi connectivity index (χ1) is 10.2. The average molecular weight is 293 g/mol. The van der Waals surface area contributed by atoms with Crippen molar-refractivity contribution >= 4 is 11.9 Å². The molecule has 2 fully saturated rings. The average Bonchev–Trinajstić information content (AvgIpc) is 3.07. The van der Waals surface area contributed by atoms with Gasteiger partial charge in [0.25, 0.3) is 5.95 Å². The van der Waals surface area contributed by atoms with Crippen molar-refractivity contribution in [1.82, 2.24) is 10.1 Å². The fraction of sp³-hybridized carbons (Fsp3) is 0.800. The number of nitrogens with zero attached hydrogens (tertiary/aromatic N) is 3. The quantitative estimate of drug-likeness (QED) is 0.860. The Balaban J connectivity index is 1.74. The molecule has 3 rings (SSSR count). The molecule has 0 radical (unpaired) electrons. The van der Waals surface area contributed by atoms with Gasteiger partial charge < -0.3 is 14.5 Å². The molecule has 0 unspecified atom stereocenters. The fourth-order valence-electron chi connectivity index (χ4n) is 3.52. The largest absolute Gasteiger partial charge is 0.481 e. The molecule has 21 heavy (non-hydrogen) atoms. The predicted molar refractivity (Wildman–Crippen MR) is 77.2 cm³/mol. The van der Waals surface area contributed by atoms with Crippen molar-refractivity contribution in [2.45, 2.75) is 57.8 Å². The molecule has 1 aliphatic carbocycles. The van der Waals surface area contributed by atoms with E-state index in [0.717, 1.165) is 51.6 Å². The molecule has 1 aromatic rings. The lowest BCUT2D eigenvalue weighted by Gasteiger charge is -2.26. The summed E-state index contributed by atoms with van der Waals surface area (Å²) in [4.78, 5) is 18.3. The SMILES string of the molecule is O=C(O)C1(Cc2nc(N3CCCC3)no2)CCCCCC1. The zero-order valence-corrected chi connectivity index (χ0v) is 12.4. The third kappa shape index (κ3) is 3.04. The van der Waals surface area contributed by atoms with Gasteiger partial charge in [0.2, 0.25) is 5.89 Å². The van der Waals surface area contributed by atoms with Gasteiger partial charge in [0, 0.05) is 19.5 Å². The molecule has 0 aromatic carbocycles. The first kappa shape index (κ1) is 14.4. The molecule has 0 spiro atoms. The molecule has 0 bridgehead atoms. The molecular formula is C15H23N3O3. The van der Waals surface area contributed by atoms with Gasteiger partial charge in [0.1, 0.15) is 0 Å². The van der Waals surface area contributed by atoms with E-state index in [0.29, 0.717) is 31.1 Å². The van der Waals surface area contributed by atoms with E-state index in [2.05, 4.69) is 15.0 Å². The van der Waals surface area contributed by atoms with Crippen LogP contribution in [0.3, 0.4) is 0 Å². The summed E-state index contributed by atoms with van der Waals surface area (Å²) >= 11 is 0. The zero-order valence-electron chi connectivity index (χ0n) is 12.4. The lowest BCUT2D eigenvalue weighted by atomic mass is 9.77. The molecule has 2 aliphatic rings. The maximum Gasteiger partial charge on any atom is 0.310 e. The van der Waals surface area contributed by atoms with Crippen LogP contribution in [0.5, 0.6) is 0 Å². The number of rotatable bonds is 4. The fourth-order valence-corrected chi connectivity index (χ4v) is 3.52. The van der Waals surface area contributed by atoms with E-state index in [-0.39, 0.29) is 0 Å². The van der Waals surface area contributed by atoms with E-state index in [1.807, 2.05) is 0 Å². The summed E-state index contributed by atoms with van der Waals surface area (Å²) < 4.78 is 5.33. The van der Waals surface area contributed by atoms with Gasteiger partial charge in [-0.2, -0.15) is 4.98 Å². The summed E-state index contributed by atoms with van der Waals surface area (Å²) in [5.74, 6) is 0.378. The zero-order chi connectivity index (χ0) is 14.7. The number of carboxylic acids is 1. The van der Waals surface area contributed by atoms with Crippen LogP contribution in [0.1, 0.15) is 57.3 Å². The Kier molecular flexibility index (Phi) is 4.12. The molecule has 1 aliphatic heterocycles. The molecule has 6 nitrogen and oxygen atoms in total. The summed E-state index contributed by atoms with van der Waals surface area (Å²) in [7, 11) is 0. The van der Waals surface area contributed by atoms with Gasteiger partial charge in [-0.3, -0.25) is 4.79 Å². The van der Waals surface area contributed by atoms with Crippen molar-refractivity contribution in [2.24, 2.45) is 5.41 Å². The van der Waals surface area contributed by atoms with E-state index in [9.17, 15) is 9.90 Å². The molecule has 116 valence electrons. The maximum absolute atomic E-state index is 11.8. The number of anilines is 1. The van der Waals surface area contributed by atoms with E-state index in [4.69, 9.17) is 4.52 Å². The van der Waals surface area contributed by atoms with E-state index < -0.39 is 11.4 Å². The van der Waals surface area contributed by atoms with Crippen molar-refractivity contribution in [2.75, 3.05) is 18.0 Å². The number of carbonyl (C=O) groups is 1. The van der Waals surface area contributed by atoms with Crippen molar-refractivity contribution in [3.05, 3.63) is 5.89 Å². The second-order valence-electron chi connectivity index (χ2n) is 6.36. The molecule has 2 heterocycles. The van der Waals surface area contributed by atoms with Gasteiger partial charge in [0.15, 0.2) is 0 Å². The van der Waals surface area contributed by atoms with E-state index in [1.54, 1.807) is 0 Å². The third-order valence-corrected chi connectivity index (χ3v) is 4.85. The predicted octanol–water partition coefficient (Wildman–Crippen LogP) is 2.64. The van der Waals surface area contributed by atoms with Crippen LogP contribution in [0.2, 0.25) is 0 Å². The minimum atomic E-state index is -0.717. The molecule has 1 aromatic heterocycles. The Hall–Kier alpha value is -1.59. The topological polar surface area (TPSA) is 79.5 Å². The Morgan fingerprint density at radius 2 is 1.81 bits per heavy atom. The third-order valence-electron chi connectivity index (χ3n) is 4.85. The summed E-state index contributed by atoms with van der Waals surface area (Å²) in [6, 6.07) is 0. The smallest absolute Gasteiger partial charge is 0.310 e. The molecule has 1 saturated carbocycles. The van der Waals surface area contributed by atoms with Crippen LogP contribution in [0.15, 0.2) is 4.52 Å². The highest BCUT2D eigenvalue weighted by atomic mass is 16.5. The van der Waals surface area contributed by atoms with Gasteiger partial charge in [-0.25, -0.2) is 0 Å². The second-order valence-corrected chi connectivity index (χ2v) is 6.36. The number of hydrogen-bond donors (Lipinski definition) is 1. The van der Waals surface area contributed by atoms with Crippen LogP contribution in [-0.2, 0) is 11.2 Å². The van der Waals surface area contributed by atoms with Gasteiger partial charge in [0.05, 0.1) is 5.41 Å². The summed E-state index contributed by atoms with van der Waals surface area (Å²) in [6.45, 7) is 1.92. The normalized spacial score (nSPS) is 22.2. The Labute approximate surface area is 124 Å². The lowest BCUT2D eigenvalue weighted by Crippen LogP contribution is -2.33. The van der Waals surface area contributed by atoms with Gasteiger partial charge >= 0.3 is 5.97 Å². The van der Waals surface area contributed by atoms with Crippen LogP contribution in [0.25, 0.3) is 0 Å². The monoisotopic (exact) mass is 293 g/mol. The highest BCUT2D eigenvalue weighted by Gasteiger charge is 2.40. The Morgan fingerprint density at radius 1 is 1.14 bits per heavy atom. The number of carboxylic acid groups (broad SMARTS) is 1. The van der Waals surface area contributed by atoms with E-state index >= 15 is 0 Å². The molecule has 6 heteroatoms. The van der Waals surface area contributed by atoms with Crippen molar-refractivity contribution in [3.8, 4) is 0 Å². The van der Waals surface area contributed by atoms with Crippen molar-refractivity contribution in [1.29, 1.82) is 0 Å². The summed E-state index contributed by atoms with van der Waals surface area (Å²) in [5, 5.41) is 13.7. The molecule has 1 N–H and O–H groups in total. The first-order valence-corrected chi connectivity index (χ1v) is 8.01. The summed E-state index contributed by atoms with van der Waals surface area (Å²) in [6.07, 6.45) is 8.29. The standard InChI is InChI=1S/C15H23N3O3/c19-13(20)15(7-3-1-2-4-8-15)11-12-16-14(17-21-12)18-9-5-6-10-18/h1-11H2,(H,19,20). The Morgan fingerprint density at radius 3 is 2.43 bits per heavy atom. The highest BCUT2D eigenvalue weighted by molar-refractivity contribution is 5.75. The van der Waals surface area contributed by atoms with Crippen LogP contribution in [0.4, 0.5) is 5.95 Å². The van der Waals surface area contributed by atoms with Gasteiger partial charge in [-0.05, 0) is 30.8 Å². The van der Waals surface area contributed by atoms with Gasteiger partial charge in [-0.15, -0.1) is 0 Å². The molecule has 1 saturated heterocycles. The Bertz CT molecular complexity index is 486. The minimum Gasteiger partial charge on any atom is -0.481 e. The van der Waals surface area contributed by atoms with Crippen molar-refractivity contribution in [3.63, 3.8) is 0 Å². The molecule has 0 amide bonds. The van der Waals surface area contributed by atoms with Crippen molar-refractivity contribution < 1.29 is 14.4 Å². The summed E-state index contributed by atoms with van der Waals surface area (Å²) in [5.41, 5.74) is -0.717. The number of aliphatic carboxylic acids is 1. The van der Waals surface area contributed by atoms with Gasteiger partial charge in [-0.1, -0.05) is 25.7 Å². The lowest BCUT2D eigenvalue weighted by molar-refractivity contribution is -0.150. The number of aromatic nitrogens is 2. The first-order valence-electron chi connectivity index (χ1n) is 8.01. The minimum absolute atomic E-state index is 0.364.